The number of rotatable bonds is 31. The summed E-state index contributed by atoms with van der Waals surface area (Å²) in [5.41, 5.74) is 0. The van der Waals surface area contributed by atoms with Crippen molar-refractivity contribution in [1.29, 1.82) is 0 Å². The molecule has 0 aromatic rings. The van der Waals surface area contributed by atoms with Crippen LogP contribution < -0.4 is 0 Å². The molecule has 0 aromatic carbocycles. The average Bonchev–Trinajstić information content (AvgIpc) is 2.92. The third-order valence-corrected chi connectivity index (χ3v) is 8.57. The van der Waals surface area contributed by atoms with Gasteiger partial charge in [0.05, 0.1) is 26.1 Å². The quantitative estimate of drug-likeness (QED) is 0.0683. The highest BCUT2D eigenvalue weighted by atomic mass is 32.3. The number of carbonyl (C=O) groups excluding carboxylic acids is 2. The van der Waals surface area contributed by atoms with E-state index < -0.39 is 45.6 Å². The molecule has 0 aliphatic rings. The van der Waals surface area contributed by atoms with Crippen LogP contribution in [0, 0.1) is 0 Å². The molecule has 0 fully saturated rings. The van der Waals surface area contributed by atoms with Gasteiger partial charge in [0.15, 0.2) is 0 Å². The van der Waals surface area contributed by atoms with E-state index in [-0.39, 0.29) is 13.2 Å². The maximum absolute atomic E-state index is 11.8. The second-order valence-electron chi connectivity index (χ2n) is 10.9. The van der Waals surface area contributed by atoms with E-state index in [9.17, 15) is 26.4 Å². The maximum atomic E-state index is 11.8. The molecule has 0 rings (SSSR count). The van der Waals surface area contributed by atoms with Gasteiger partial charge in [-0.15, -0.1) is 0 Å². The lowest BCUT2D eigenvalue weighted by Crippen LogP contribution is -2.19. The predicted molar refractivity (Wildman–Crippen MR) is 164 cm³/mol. The molecular weight excluding hydrogens is 584 g/mol. The van der Waals surface area contributed by atoms with Crippen LogP contribution in [-0.2, 0) is 47.1 Å². The van der Waals surface area contributed by atoms with E-state index in [1.165, 1.54) is 77.0 Å². The first-order chi connectivity index (χ1) is 20.1. The van der Waals surface area contributed by atoms with Gasteiger partial charge < -0.3 is 8.37 Å². The van der Waals surface area contributed by atoms with Crippen molar-refractivity contribution < 1.29 is 43.2 Å². The van der Waals surface area contributed by atoms with E-state index in [1.807, 2.05) is 0 Å². The van der Waals surface area contributed by atoms with Crippen molar-refractivity contribution in [3.05, 3.63) is 0 Å². The van der Waals surface area contributed by atoms with Crippen LogP contribution in [0.1, 0.15) is 168 Å². The Bertz CT molecular complexity index is 801. The van der Waals surface area contributed by atoms with Crippen molar-refractivity contribution in [3.8, 4) is 0 Å². The average molecular weight is 643 g/mol. The fraction of sp³-hybridized carbons (Fsp3) is 0.933. The summed E-state index contributed by atoms with van der Waals surface area (Å²) in [5.74, 6) is -2.49. The first-order valence-corrected chi connectivity index (χ1v) is 19.0. The minimum atomic E-state index is -4.55. The molecule has 0 amide bonds. The van der Waals surface area contributed by atoms with Crippen LogP contribution >= 0.6 is 0 Å². The van der Waals surface area contributed by atoms with Crippen molar-refractivity contribution in [2.24, 2.45) is 0 Å². The van der Waals surface area contributed by atoms with Crippen LogP contribution in [0.25, 0.3) is 0 Å². The Morgan fingerprint density at radius 2 is 0.643 bits per heavy atom. The normalized spacial score (nSPS) is 12.0. The molecule has 0 unspecified atom stereocenters. The Kier molecular flexibility index (Phi) is 26.5. The SMILES string of the molecule is CCCCCCCCCCCCCOS(=O)(=O)OC(=O)CCC(=O)OS(=O)(=O)OCCCCCCCCCCCCC. The van der Waals surface area contributed by atoms with E-state index in [0.717, 1.165) is 51.4 Å². The lowest BCUT2D eigenvalue weighted by Gasteiger charge is -2.07. The van der Waals surface area contributed by atoms with Crippen LogP contribution in [0.5, 0.6) is 0 Å². The molecule has 12 heteroatoms. The summed E-state index contributed by atoms with van der Waals surface area (Å²) in [6.07, 6.45) is 22.9. The zero-order valence-electron chi connectivity index (χ0n) is 26.3. The molecule has 0 aromatic heterocycles. The molecule has 10 nitrogen and oxygen atoms in total. The smallest absolute Gasteiger partial charge is 0.325 e. The minimum Gasteiger partial charge on any atom is -0.325 e. The van der Waals surface area contributed by atoms with Gasteiger partial charge in [-0.25, -0.2) is 8.37 Å². The maximum Gasteiger partial charge on any atom is 0.451 e. The van der Waals surface area contributed by atoms with Crippen molar-refractivity contribution in [2.45, 2.75) is 168 Å². The van der Waals surface area contributed by atoms with Crippen molar-refractivity contribution in [1.82, 2.24) is 0 Å². The van der Waals surface area contributed by atoms with Gasteiger partial charge in [-0.1, -0.05) is 142 Å². The summed E-state index contributed by atoms with van der Waals surface area (Å²) in [7, 11) is -9.10. The Balaban J connectivity index is 3.82. The van der Waals surface area contributed by atoms with Gasteiger partial charge in [0.2, 0.25) is 0 Å². The van der Waals surface area contributed by atoms with Crippen molar-refractivity contribution in [3.63, 3.8) is 0 Å². The monoisotopic (exact) mass is 642 g/mol. The van der Waals surface area contributed by atoms with Crippen LogP contribution in [0.2, 0.25) is 0 Å². The summed E-state index contributed by atoms with van der Waals surface area (Å²) in [4.78, 5) is 23.5. The van der Waals surface area contributed by atoms with Gasteiger partial charge in [-0.3, -0.25) is 9.59 Å². The third kappa shape index (κ3) is 28.9. The van der Waals surface area contributed by atoms with Crippen LogP contribution in [-0.4, -0.2) is 42.0 Å². The highest BCUT2D eigenvalue weighted by molar-refractivity contribution is 7.82. The third-order valence-electron chi connectivity index (χ3n) is 6.87. The molecule has 42 heavy (non-hydrogen) atoms. The molecule has 0 heterocycles. The summed E-state index contributed by atoms with van der Waals surface area (Å²) in [5, 5.41) is 0. The van der Waals surface area contributed by atoms with E-state index in [2.05, 4.69) is 30.6 Å². The summed E-state index contributed by atoms with van der Waals surface area (Å²) in [6.45, 7) is 4.18. The van der Waals surface area contributed by atoms with E-state index in [1.54, 1.807) is 0 Å². The highest BCUT2D eigenvalue weighted by Crippen LogP contribution is 2.13. The largest absolute Gasteiger partial charge is 0.451 e. The topological polar surface area (TPSA) is 139 Å². The van der Waals surface area contributed by atoms with Crippen molar-refractivity contribution >= 4 is 32.7 Å². The lowest BCUT2D eigenvalue weighted by atomic mass is 10.1. The molecule has 0 atom stereocenters. The second-order valence-corrected chi connectivity index (χ2v) is 13.4. The first-order valence-electron chi connectivity index (χ1n) is 16.3. The second kappa shape index (κ2) is 27.3. The minimum absolute atomic E-state index is 0.108. The number of hydrogen-bond acceptors (Lipinski definition) is 10. The molecule has 0 bridgehead atoms. The molecule has 0 aliphatic heterocycles. The first kappa shape index (κ1) is 40.8. The van der Waals surface area contributed by atoms with Gasteiger partial charge in [-0.2, -0.15) is 16.8 Å². The molecule has 250 valence electrons. The predicted octanol–water partition coefficient (Wildman–Crippen LogP) is 8.00. The lowest BCUT2D eigenvalue weighted by molar-refractivity contribution is -0.141. The molecule has 0 N–H and O–H groups in total. The van der Waals surface area contributed by atoms with Gasteiger partial charge in [0.25, 0.3) is 0 Å². The van der Waals surface area contributed by atoms with Crippen LogP contribution in [0.3, 0.4) is 0 Å². The number of unbranched alkanes of at least 4 members (excludes halogenated alkanes) is 20. The summed E-state index contributed by atoms with van der Waals surface area (Å²) >= 11 is 0. The Hall–Kier alpha value is -1.24. The fourth-order valence-electron chi connectivity index (χ4n) is 4.42. The molecule has 0 radical (unpaired) electrons. The van der Waals surface area contributed by atoms with Gasteiger partial charge in [0, 0.05) is 0 Å². The highest BCUT2D eigenvalue weighted by Gasteiger charge is 2.22. The molecule has 0 saturated carbocycles. The number of hydrogen-bond donors (Lipinski definition) is 0. The summed E-state index contributed by atoms with van der Waals surface area (Å²) < 4.78 is 65.1. The Morgan fingerprint density at radius 1 is 0.405 bits per heavy atom. The number of carbonyl (C=O) groups is 2. The van der Waals surface area contributed by atoms with Crippen molar-refractivity contribution in [2.75, 3.05) is 13.2 Å². The molecule has 0 saturated heterocycles. The summed E-state index contributed by atoms with van der Waals surface area (Å²) in [6, 6.07) is 0. The van der Waals surface area contributed by atoms with E-state index in [4.69, 9.17) is 0 Å². The van der Waals surface area contributed by atoms with Gasteiger partial charge >= 0.3 is 32.7 Å². The van der Waals surface area contributed by atoms with E-state index >= 15 is 0 Å². The standard InChI is InChI=1S/C30H58O10S2/c1-3-5-7-9-11-13-15-17-19-21-23-27-37-41(33,34)39-29(31)25-26-30(32)40-42(35,36)38-28-24-22-20-18-16-14-12-10-8-6-4-2/h3-28H2,1-2H3. The Morgan fingerprint density at radius 3 is 0.905 bits per heavy atom. The zero-order valence-corrected chi connectivity index (χ0v) is 27.9. The molecule has 0 spiro atoms. The molecule has 0 aliphatic carbocycles. The Labute approximate surface area is 256 Å². The van der Waals surface area contributed by atoms with Crippen LogP contribution in [0.15, 0.2) is 0 Å². The van der Waals surface area contributed by atoms with E-state index in [0.29, 0.717) is 12.8 Å². The molecular formula is C30H58O10S2. The van der Waals surface area contributed by atoms with Gasteiger partial charge in [0.1, 0.15) is 0 Å². The zero-order chi connectivity index (χ0) is 31.4. The van der Waals surface area contributed by atoms with Gasteiger partial charge in [-0.05, 0) is 12.8 Å². The fourth-order valence-corrected chi connectivity index (χ4v) is 5.78. The van der Waals surface area contributed by atoms with Crippen LogP contribution in [0.4, 0.5) is 0 Å².